The van der Waals surface area contributed by atoms with Crippen LogP contribution in [-0.4, -0.2) is 17.6 Å². The fourth-order valence-electron chi connectivity index (χ4n) is 2.04. The number of nitriles is 1. The van der Waals surface area contributed by atoms with Crippen LogP contribution in [0, 0.1) is 11.3 Å². The van der Waals surface area contributed by atoms with E-state index >= 15 is 0 Å². The fourth-order valence-corrected chi connectivity index (χ4v) is 2.15. The van der Waals surface area contributed by atoms with Crippen molar-refractivity contribution in [1.29, 1.82) is 5.26 Å². The first kappa shape index (κ1) is 15.1. The molecule has 21 heavy (non-hydrogen) atoms. The highest BCUT2D eigenvalue weighted by atomic mass is 35.5. The molecule has 2 heterocycles. The molecule has 1 aromatic heterocycles. The van der Waals surface area contributed by atoms with Gasteiger partial charge in [-0.1, -0.05) is 11.6 Å². The first-order valence-electron chi connectivity index (χ1n) is 5.67. The number of alkyl halides is 3. The molecule has 2 rings (SSSR count). The van der Waals surface area contributed by atoms with Crippen molar-refractivity contribution in [1.82, 2.24) is 5.32 Å². The summed E-state index contributed by atoms with van der Waals surface area (Å²) in [4.78, 5) is 14.4. The van der Waals surface area contributed by atoms with Gasteiger partial charge in [0.25, 0.3) is 11.7 Å². The number of hydrogen-bond donors (Lipinski definition) is 2. The van der Waals surface area contributed by atoms with Gasteiger partial charge in [0.2, 0.25) is 0 Å². The summed E-state index contributed by atoms with van der Waals surface area (Å²) in [6.07, 6.45) is -3.75. The number of aromatic nitrogens is 1. The van der Waals surface area contributed by atoms with E-state index in [9.17, 15) is 18.0 Å². The van der Waals surface area contributed by atoms with Gasteiger partial charge in [-0.3, -0.25) is 4.79 Å². The number of nitrogens with zero attached hydrogens (tertiary/aromatic N) is 1. The smallest absolute Gasteiger partial charge is 0.324 e. The Morgan fingerprint density at radius 1 is 1.48 bits per heavy atom. The molecule has 0 bridgehead atoms. The molecule has 5 nitrogen and oxygen atoms in total. The number of aromatic amines is 1. The molecule has 1 aliphatic rings. The van der Waals surface area contributed by atoms with Crippen LogP contribution in [0.5, 0.6) is 0 Å². The lowest BCUT2D eigenvalue weighted by Crippen LogP contribution is -2.59. The number of carbonyl (C=O) groups is 1. The standard InChI is InChI=1S/C12H8ClF3N4O/c1-6-8(4-17)11(10(21)19-6,12(14,15)16)20-9-3-2-7(13)5-18-9/h2-3,5H,1H3,(H,18,20)(H,19,21)/p+1/t11-/m0/s1. The largest absolute Gasteiger partial charge is 0.446 e. The van der Waals surface area contributed by atoms with Gasteiger partial charge in [0.05, 0.1) is 5.02 Å². The minimum absolute atomic E-state index is 0.102. The summed E-state index contributed by atoms with van der Waals surface area (Å²) in [5, 5.41) is 13.4. The predicted molar refractivity (Wildman–Crippen MR) is 66.9 cm³/mol. The molecule has 1 amide bonds. The third kappa shape index (κ3) is 2.29. The Morgan fingerprint density at radius 3 is 2.62 bits per heavy atom. The Labute approximate surface area is 122 Å². The second kappa shape index (κ2) is 4.93. The van der Waals surface area contributed by atoms with Crippen molar-refractivity contribution in [3.8, 4) is 6.07 Å². The summed E-state index contributed by atoms with van der Waals surface area (Å²) in [6, 6.07) is 4.04. The molecule has 3 N–H and O–H groups in total. The normalized spacial score (nSPS) is 22.0. The molecular weight excluding hydrogens is 309 g/mol. The third-order valence-corrected chi connectivity index (χ3v) is 3.26. The zero-order valence-corrected chi connectivity index (χ0v) is 11.4. The molecule has 110 valence electrons. The molecule has 0 fully saturated rings. The number of anilines is 1. The van der Waals surface area contributed by atoms with E-state index in [0.717, 1.165) is 0 Å². The van der Waals surface area contributed by atoms with E-state index in [-0.39, 0.29) is 16.5 Å². The summed E-state index contributed by atoms with van der Waals surface area (Å²) >= 11 is 5.64. The molecule has 0 radical (unpaired) electrons. The van der Waals surface area contributed by atoms with E-state index < -0.39 is 23.2 Å². The second-order valence-corrected chi connectivity index (χ2v) is 4.80. The Hall–Kier alpha value is -2.27. The third-order valence-electron chi connectivity index (χ3n) is 3.03. The molecule has 0 saturated heterocycles. The summed E-state index contributed by atoms with van der Waals surface area (Å²) in [5.74, 6) is -1.46. The highest BCUT2D eigenvalue weighted by Crippen LogP contribution is 2.42. The van der Waals surface area contributed by atoms with Crippen LogP contribution < -0.4 is 15.6 Å². The lowest BCUT2D eigenvalue weighted by atomic mass is 9.90. The number of nitrogens with one attached hydrogen (secondary N) is 3. The number of halogens is 4. The Kier molecular flexibility index (Phi) is 3.55. The predicted octanol–water partition coefficient (Wildman–Crippen LogP) is 1.79. The van der Waals surface area contributed by atoms with Crippen LogP contribution in [0.2, 0.25) is 5.02 Å². The highest BCUT2D eigenvalue weighted by Gasteiger charge is 2.70. The Morgan fingerprint density at radius 2 is 2.14 bits per heavy atom. The molecule has 0 aromatic carbocycles. The van der Waals surface area contributed by atoms with Crippen molar-refractivity contribution >= 4 is 23.3 Å². The number of carbonyl (C=O) groups excluding carboxylic acids is 1. The second-order valence-electron chi connectivity index (χ2n) is 4.36. The van der Waals surface area contributed by atoms with Crippen LogP contribution in [-0.2, 0) is 4.79 Å². The quantitative estimate of drug-likeness (QED) is 0.873. The average Bonchev–Trinajstić information content (AvgIpc) is 2.63. The molecule has 0 saturated carbocycles. The summed E-state index contributed by atoms with van der Waals surface area (Å²) < 4.78 is 40.5. The van der Waals surface area contributed by atoms with Crippen LogP contribution in [0.3, 0.4) is 0 Å². The molecule has 1 aliphatic heterocycles. The zero-order valence-electron chi connectivity index (χ0n) is 10.6. The lowest BCUT2D eigenvalue weighted by Gasteiger charge is -2.26. The van der Waals surface area contributed by atoms with Gasteiger partial charge in [-0.25, -0.2) is 10.3 Å². The molecule has 1 aromatic rings. The van der Waals surface area contributed by atoms with Gasteiger partial charge >= 0.3 is 11.7 Å². The van der Waals surface area contributed by atoms with E-state index in [0.29, 0.717) is 0 Å². The maximum absolute atomic E-state index is 13.5. The van der Waals surface area contributed by atoms with Crippen molar-refractivity contribution in [3.63, 3.8) is 0 Å². The molecule has 1 atom stereocenters. The molecule has 9 heteroatoms. The number of pyridine rings is 1. The number of amides is 1. The van der Waals surface area contributed by atoms with Gasteiger partial charge in [0.1, 0.15) is 17.8 Å². The van der Waals surface area contributed by atoms with Crippen molar-refractivity contribution in [2.24, 2.45) is 0 Å². The van der Waals surface area contributed by atoms with E-state index in [1.54, 1.807) is 0 Å². The van der Waals surface area contributed by atoms with Crippen molar-refractivity contribution in [3.05, 3.63) is 34.6 Å². The van der Waals surface area contributed by atoms with Crippen molar-refractivity contribution in [2.45, 2.75) is 18.6 Å². The van der Waals surface area contributed by atoms with Gasteiger partial charge in [-0.15, -0.1) is 0 Å². The Balaban J connectivity index is 2.57. The minimum atomic E-state index is -5.01. The Bertz CT molecular complexity index is 663. The van der Waals surface area contributed by atoms with Crippen LogP contribution in [0.15, 0.2) is 29.6 Å². The van der Waals surface area contributed by atoms with E-state index in [4.69, 9.17) is 16.9 Å². The van der Waals surface area contributed by atoms with Crippen molar-refractivity contribution in [2.75, 3.05) is 5.32 Å². The zero-order chi connectivity index (χ0) is 15.8. The minimum Gasteiger partial charge on any atom is -0.324 e. The fraction of sp³-hybridized carbons (Fsp3) is 0.250. The summed E-state index contributed by atoms with van der Waals surface area (Å²) in [7, 11) is 0. The van der Waals surface area contributed by atoms with Crippen molar-refractivity contribution < 1.29 is 22.9 Å². The first-order valence-corrected chi connectivity index (χ1v) is 6.05. The van der Waals surface area contributed by atoms with E-state index in [1.165, 1.54) is 31.3 Å². The van der Waals surface area contributed by atoms with E-state index in [2.05, 4.69) is 10.3 Å². The maximum atomic E-state index is 13.5. The van der Waals surface area contributed by atoms with Crippen LogP contribution in [0.1, 0.15) is 6.92 Å². The number of allylic oxidation sites excluding steroid dienone is 1. The maximum Gasteiger partial charge on any atom is 0.446 e. The van der Waals surface area contributed by atoms with Gasteiger partial charge in [0, 0.05) is 11.8 Å². The number of rotatable bonds is 2. The van der Waals surface area contributed by atoms with Gasteiger partial charge in [0.15, 0.2) is 0 Å². The van der Waals surface area contributed by atoms with Crippen LogP contribution >= 0.6 is 11.6 Å². The van der Waals surface area contributed by atoms with Crippen LogP contribution in [0.4, 0.5) is 19.0 Å². The van der Waals surface area contributed by atoms with E-state index in [1.807, 2.05) is 5.32 Å². The first-order chi connectivity index (χ1) is 9.72. The number of H-pyrrole nitrogens is 1. The van der Waals surface area contributed by atoms with Crippen LogP contribution in [0.25, 0.3) is 0 Å². The lowest BCUT2D eigenvalue weighted by molar-refractivity contribution is -0.362. The molecular formula is C12H9ClF3N4O+. The monoisotopic (exact) mass is 317 g/mol. The molecule has 0 unspecified atom stereocenters. The molecule has 0 spiro atoms. The highest BCUT2D eigenvalue weighted by molar-refractivity contribution is 6.30. The average molecular weight is 318 g/mol. The van der Waals surface area contributed by atoms with Gasteiger partial charge in [-0.05, 0) is 13.0 Å². The number of hydrogen-bond acceptors (Lipinski definition) is 3. The topological polar surface area (TPSA) is 79.1 Å². The van der Waals surface area contributed by atoms with Gasteiger partial charge < -0.3 is 5.32 Å². The summed E-state index contributed by atoms with van der Waals surface area (Å²) in [6.45, 7) is 1.23. The molecule has 0 aliphatic carbocycles. The van der Waals surface area contributed by atoms with Gasteiger partial charge in [-0.2, -0.15) is 18.4 Å². The SMILES string of the molecule is CC1=C(C#N)[C@@](Nc2ccc(Cl)c[nH+]2)(C(F)(F)F)C(=O)N1. The summed E-state index contributed by atoms with van der Waals surface area (Å²) in [5.41, 5.74) is -3.99.